The normalized spacial score (nSPS) is 22.2. The van der Waals surface area contributed by atoms with Crippen molar-refractivity contribution >= 4 is 16.9 Å². The highest BCUT2D eigenvalue weighted by Crippen LogP contribution is 2.35. The lowest BCUT2D eigenvalue weighted by Gasteiger charge is -2.33. The minimum Gasteiger partial charge on any atom is -0.374 e. The van der Waals surface area contributed by atoms with Gasteiger partial charge in [0, 0.05) is 26.1 Å². The van der Waals surface area contributed by atoms with Gasteiger partial charge in [0.25, 0.3) is 0 Å². The molecule has 2 heterocycles. The number of amides is 1. The number of fused-ring (bicyclic) bond motifs is 1. The lowest BCUT2D eigenvalue weighted by atomic mass is 10.2. The molecule has 1 aliphatic heterocycles. The first-order chi connectivity index (χ1) is 10.8. The lowest BCUT2D eigenvalue weighted by molar-refractivity contribution is -0.139. The van der Waals surface area contributed by atoms with Crippen molar-refractivity contribution in [3.8, 4) is 0 Å². The van der Waals surface area contributed by atoms with Gasteiger partial charge in [-0.25, -0.2) is 4.98 Å². The van der Waals surface area contributed by atoms with Crippen molar-refractivity contribution in [2.24, 2.45) is 5.92 Å². The Morgan fingerprint density at radius 3 is 3.05 bits per heavy atom. The van der Waals surface area contributed by atoms with Crippen molar-refractivity contribution in [2.45, 2.75) is 31.9 Å². The number of imidazole rings is 1. The molecule has 4 rings (SSSR count). The van der Waals surface area contributed by atoms with E-state index < -0.39 is 0 Å². The Morgan fingerprint density at radius 2 is 2.18 bits per heavy atom. The van der Waals surface area contributed by atoms with E-state index in [0.29, 0.717) is 25.5 Å². The maximum atomic E-state index is 12.5. The average Bonchev–Trinajstić information content (AvgIpc) is 3.34. The minimum absolute atomic E-state index is 0.228. The summed E-state index contributed by atoms with van der Waals surface area (Å²) in [7, 11) is 0. The molecule has 2 aromatic rings. The van der Waals surface area contributed by atoms with Crippen LogP contribution in [0.25, 0.3) is 11.0 Å². The number of carbonyl (C=O) groups excluding carboxylic acids is 1. The zero-order valence-electron chi connectivity index (χ0n) is 12.6. The van der Waals surface area contributed by atoms with Crippen LogP contribution >= 0.6 is 0 Å². The fourth-order valence-electron chi connectivity index (χ4n) is 3.22. The van der Waals surface area contributed by atoms with E-state index in [2.05, 4.69) is 9.55 Å². The molecule has 0 bridgehead atoms. The third-order valence-electron chi connectivity index (χ3n) is 4.69. The van der Waals surface area contributed by atoms with E-state index in [-0.39, 0.29) is 12.0 Å². The number of benzene rings is 1. The van der Waals surface area contributed by atoms with Gasteiger partial charge in [0.15, 0.2) is 0 Å². The van der Waals surface area contributed by atoms with Gasteiger partial charge < -0.3 is 14.2 Å². The molecule has 0 radical (unpaired) electrons. The van der Waals surface area contributed by atoms with Crippen molar-refractivity contribution in [1.29, 1.82) is 0 Å². The molecule has 1 aliphatic carbocycles. The van der Waals surface area contributed by atoms with E-state index in [9.17, 15) is 4.79 Å². The zero-order valence-corrected chi connectivity index (χ0v) is 12.6. The quantitative estimate of drug-likeness (QED) is 0.868. The topological polar surface area (TPSA) is 47.4 Å². The third kappa shape index (κ3) is 2.73. The number of ether oxygens (including phenoxy) is 1. The fraction of sp³-hybridized carbons (Fsp3) is 0.529. The van der Waals surface area contributed by atoms with Gasteiger partial charge in [0.05, 0.1) is 30.1 Å². The number of morpholine rings is 1. The standard InChI is InChI=1S/C17H21N3O2/c21-17(19-9-10-22-16(11-19)13-5-6-13)7-8-20-12-18-14-3-1-2-4-15(14)20/h1-4,12-13,16H,5-11H2. The number of nitrogens with zero attached hydrogens (tertiary/aromatic N) is 3. The number of hydrogen-bond acceptors (Lipinski definition) is 3. The predicted octanol–water partition coefficient (Wildman–Crippen LogP) is 2.06. The first kappa shape index (κ1) is 13.8. The van der Waals surface area contributed by atoms with Gasteiger partial charge in [-0.2, -0.15) is 0 Å². The van der Waals surface area contributed by atoms with Crippen LogP contribution in [-0.2, 0) is 16.1 Å². The average molecular weight is 299 g/mol. The molecule has 1 unspecified atom stereocenters. The van der Waals surface area contributed by atoms with Crippen LogP contribution in [-0.4, -0.2) is 46.2 Å². The van der Waals surface area contributed by atoms with E-state index in [0.717, 1.165) is 24.1 Å². The van der Waals surface area contributed by atoms with Crippen LogP contribution in [0.1, 0.15) is 19.3 Å². The highest BCUT2D eigenvalue weighted by Gasteiger charge is 2.36. The van der Waals surface area contributed by atoms with E-state index in [1.54, 1.807) is 0 Å². The highest BCUT2D eigenvalue weighted by atomic mass is 16.5. The van der Waals surface area contributed by atoms with Gasteiger partial charge in [-0.1, -0.05) is 12.1 Å². The molecule has 1 saturated carbocycles. The molecule has 0 N–H and O–H groups in total. The molecule has 1 amide bonds. The molecule has 2 aliphatic rings. The van der Waals surface area contributed by atoms with Crippen molar-refractivity contribution in [3.05, 3.63) is 30.6 Å². The number of hydrogen-bond donors (Lipinski definition) is 0. The van der Waals surface area contributed by atoms with E-state index >= 15 is 0 Å². The summed E-state index contributed by atoms with van der Waals surface area (Å²) in [6.07, 6.45) is 5.13. The van der Waals surface area contributed by atoms with E-state index in [1.807, 2.05) is 35.5 Å². The first-order valence-electron chi connectivity index (χ1n) is 8.10. The van der Waals surface area contributed by atoms with Crippen LogP contribution < -0.4 is 0 Å². The highest BCUT2D eigenvalue weighted by molar-refractivity contribution is 5.77. The Labute approximate surface area is 129 Å². The number of rotatable bonds is 4. The first-order valence-corrected chi connectivity index (χ1v) is 8.10. The molecule has 1 aromatic carbocycles. The van der Waals surface area contributed by atoms with Crippen molar-refractivity contribution in [3.63, 3.8) is 0 Å². The van der Waals surface area contributed by atoms with Gasteiger partial charge in [-0.3, -0.25) is 4.79 Å². The zero-order chi connectivity index (χ0) is 14.9. The van der Waals surface area contributed by atoms with Crippen LogP contribution in [0.4, 0.5) is 0 Å². The predicted molar refractivity (Wildman–Crippen MR) is 83.4 cm³/mol. The van der Waals surface area contributed by atoms with Crippen molar-refractivity contribution in [2.75, 3.05) is 19.7 Å². The van der Waals surface area contributed by atoms with Crippen molar-refractivity contribution < 1.29 is 9.53 Å². The van der Waals surface area contributed by atoms with Gasteiger partial charge >= 0.3 is 0 Å². The SMILES string of the molecule is O=C(CCn1cnc2ccccc21)N1CCOC(C2CC2)C1. The number of para-hydroxylation sites is 2. The summed E-state index contributed by atoms with van der Waals surface area (Å²) >= 11 is 0. The van der Waals surface area contributed by atoms with Crippen LogP contribution in [0.3, 0.4) is 0 Å². The molecule has 22 heavy (non-hydrogen) atoms. The molecular weight excluding hydrogens is 278 g/mol. The molecular formula is C17H21N3O2. The summed E-state index contributed by atoms with van der Waals surface area (Å²) in [6, 6.07) is 8.03. The molecule has 1 saturated heterocycles. The Morgan fingerprint density at radius 1 is 1.32 bits per heavy atom. The van der Waals surface area contributed by atoms with E-state index in [4.69, 9.17) is 4.74 Å². The summed E-state index contributed by atoms with van der Waals surface area (Å²) < 4.78 is 7.84. The number of carbonyl (C=O) groups is 1. The Balaban J connectivity index is 1.37. The number of aromatic nitrogens is 2. The Kier molecular flexibility index (Phi) is 3.58. The molecule has 5 nitrogen and oxygen atoms in total. The van der Waals surface area contributed by atoms with Crippen molar-refractivity contribution in [1.82, 2.24) is 14.5 Å². The second-order valence-electron chi connectivity index (χ2n) is 6.26. The lowest BCUT2D eigenvalue weighted by Crippen LogP contribution is -2.46. The minimum atomic E-state index is 0.228. The van der Waals surface area contributed by atoms with Gasteiger partial charge in [-0.05, 0) is 30.9 Å². The number of aryl methyl sites for hydroxylation is 1. The van der Waals surface area contributed by atoms with Gasteiger partial charge in [0.2, 0.25) is 5.91 Å². The van der Waals surface area contributed by atoms with Crippen LogP contribution in [0.15, 0.2) is 30.6 Å². The fourth-order valence-corrected chi connectivity index (χ4v) is 3.22. The maximum Gasteiger partial charge on any atom is 0.224 e. The maximum absolute atomic E-state index is 12.5. The van der Waals surface area contributed by atoms with Gasteiger partial charge in [-0.15, -0.1) is 0 Å². The summed E-state index contributed by atoms with van der Waals surface area (Å²) in [5.74, 6) is 0.917. The second-order valence-corrected chi connectivity index (χ2v) is 6.26. The molecule has 116 valence electrons. The summed E-state index contributed by atoms with van der Waals surface area (Å²) in [5, 5.41) is 0. The van der Waals surface area contributed by atoms with Crippen LogP contribution in [0, 0.1) is 5.92 Å². The molecule has 0 spiro atoms. The smallest absolute Gasteiger partial charge is 0.224 e. The largest absolute Gasteiger partial charge is 0.374 e. The molecule has 1 atom stereocenters. The summed E-state index contributed by atoms with van der Waals surface area (Å²) in [4.78, 5) is 18.8. The molecule has 5 heteroatoms. The summed E-state index contributed by atoms with van der Waals surface area (Å²) in [5.41, 5.74) is 2.07. The van der Waals surface area contributed by atoms with Crippen LogP contribution in [0.2, 0.25) is 0 Å². The molecule has 1 aromatic heterocycles. The van der Waals surface area contributed by atoms with Gasteiger partial charge in [0.1, 0.15) is 0 Å². The van der Waals surface area contributed by atoms with Crippen LogP contribution in [0.5, 0.6) is 0 Å². The summed E-state index contributed by atoms with van der Waals surface area (Å²) in [6.45, 7) is 2.87. The second kappa shape index (κ2) is 5.72. The monoisotopic (exact) mass is 299 g/mol. The van der Waals surface area contributed by atoms with E-state index in [1.165, 1.54) is 12.8 Å². The Bertz CT molecular complexity index is 677. The Hall–Kier alpha value is -1.88. The molecule has 2 fully saturated rings. The third-order valence-corrected chi connectivity index (χ3v) is 4.69.